The molecule has 0 aliphatic rings. The Morgan fingerprint density at radius 1 is 0.421 bits per heavy atom. The van der Waals surface area contributed by atoms with Gasteiger partial charge in [0.15, 0.2) is 18.8 Å². The van der Waals surface area contributed by atoms with E-state index < -0.39 is 18.8 Å². The number of rotatable bonds is 3. The Bertz CT molecular complexity index is 1970. The molecular weight excluding hydrogens is 493 g/mol. The molecule has 0 N–H and O–H groups in total. The van der Waals surface area contributed by atoms with Crippen molar-refractivity contribution < 1.29 is 13.3 Å². The van der Waals surface area contributed by atoms with Gasteiger partial charge in [0, 0.05) is 10.6 Å². The summed E-state index contributed by atoms with van der Waals surface area (Å²) in [7, 11) is -3.96. The maximum absolute atomic E-state index is 15.9. The van der Waals surface area contributed by atoms with Crippen molar-refractivity contribution in [2.24, 2.45) is 0 Å². The minimum Gasteiger partial charge on any atom is -0.308 e. The molecule has 0 aromatic heterocycles. The highest BCUT2D eigenvalue weighted by molar-refractivity contribution is 7.86. The van der Waals surface area contributed by atoms with Crippen LogP contribution in [0.3, 0.4) is 0 Å². The first-order chi connectivity index (χ1) is 18.6. The average Bonchev–Trinajstić information content (AvgIpc) is 2.97. The quantitative estimate of drug-likeness (QED) is 0.172. The number of halogens is 2. The Labute approximate surface area is 218 Å². The average molecular weight is 515 g/mol. The van der Waals surface area contributed by atoms with Gasteiger partial charge in [-0.05, 0) is 67.4 Å². The molecule has 0 spiro atoms. The van der Waals surface area contributed by atoms with E-state index in [1.165, 1.54) is 12.1 Å². The molecule has 7 rings (SSSR count). The number of benzene rings is 7. The lowest BCUT2D eigenvalue weighted by atomic mass is 10.0. The zero-order chi connectivity index (χ0) is 25.9. The van der Waals surface area contributed by atoms with Crippen molar-refractivity contribution in [3.63, 3.8) is 0 Å². The molecule has 0 atom stereocenters. The molecular formula is C34H21F2OP. The van der Waals surface area contributed by atoms with Gasteiger partial charge in [-0.2, -0.15) is 0 Å². The zero-order valence-electron chi connectivity index (χ0n) is 20.2. The van der Waals surface area contributed by atoms with Gasteiger partial charge in [-0.25, -0.2) is 8.78 Å². The molecule has 0 fully saturated rings. The van der Waals surface area contributed by atoms with E-state index in [1.54, 1.807) is 0 Å². The molecule has 7 aromatic rings. The first-order valence-corrected chi connectivity index (χ1v) is 14.1. The molecule has 0 aliphatic heterocycles. The van der Waals surface area contributed by atoms with Crippen molar-refractivity contribution in [3.05, 3.63) is 139 Å². The summed E-state index contributed by atoms with van der Waals surface area (Å²) in [6, 6.07) is 39.1. The Balaban J connectivity index is 1.73. The lowest BCUT2D eigenvalue weighted by Gasteiger charge is -2.25. The molecule has 38 heavy (non-hydrogen) atoms. The van der Waals surface area contributed by atoms with Gasteiger partial charge in [-0.3, -0.25) is 0 Å². The maximum Gasteiger partial charge on any atom is 0.175 e. The lowest BCUT2D eigenvalue weighted by Crippen LogP contribution is -2.29. The predicted molar refractivity (Wildman–Crippen MR) is 156 cm³/mol. The van der Waals surface area contributed by atoms with E-state index in [-0.39, 0.29) is 5.30 Å². The molecule has 0 amide bonds. The smallest absolute Gasteiger partial charge is 0.175 e. The van der Waals surface area contributed by atoms with Crippen LogP contribution in [0.25, 0.3) is 43.1 Å². The van der Waals surface area contributed by atoms with Gasteiger partial charge >= 0.3 is 0 Å². The fourth-order valence-corrected chi connectivity index (χ4v) is 8.88. The highest BCUT2D eigenvalue weighted by Crippen LogP contribution is 2.49. The van der Waals surface area contributed by atoms with Gasteiger partial charge in [0.25, 0.3) is 0 Å². The normalized spacial score (nSPS) is 12.1. The molecule has 4 heteroatoms. The predicted octanol–water partition coefficient (Wildman–Crippen LogP) is 8.22. The van der Waals surface area contributed by atoms with E-state index in [2.05, 4.69) is 0 Å². The Kier molecular flexibility index (Phi) is 5.18. The van der Waals surface area contributed by atoms with Crippen LogP contribution in [0.1, 0.15) is 0 Å². The van der Waals surface area contributed by atoms with Crippen LogP contribution in [0.15, 0.2) is 127 Å². The van der Waals surface area contributed by atoms with Gasteiger partial charge in [0.1, 0.15) is 0 Å². The first kappa shape index (κ1) is 22.8. The minimum absolute atomic E-state index is 0.127. The van der Waals surface area contributed by atoms with E-state index in [9.17, 15) is 4.39 Å². The fraction of sp³-hybridized carbons (Fsp3) is 0. The summed E-state index contributed by atoms with van der Waals surface area (Å²) in [5.41, 5.74) is 0. The third-order valence-electron chi connectivity index (χ3n) is 7.44. The summed E-state index contributed by atoms with van der Waals surface area (Å²) in [4.78, 5) is 0. The highest BCUT2D eigenvalue weighted by atomic mass is 31.2. The second kappa shape index (κ2) is 8.62. The van der Waals surface area contributed by atoms with Crippen LogP contribution in [0, 0.1) is 11.6 Å². The standard InChI is InChI=1S/C34H21F2OP/c35-30-18-9-19-31(34(30)36)38(37,32-20-22-10-1-3-12-24(22)26-14-5-7-16-28(26)32)33-21-23-11-2-4-13-25(23)27-15-6-8-17-29(27)33/h1-21H. The summed E-state index contributed by atoms with van der Waals surface area (Å²) in [5, 5.41) is 8.04. The molecule has 0 heterocycles. The van der Waals surface area contributed by atoms with Crippen molar-refractivity contribution in [1.29, 1.82) is 0 Å². The third kappa shape index (κ3) is 3.25. The van der Waals surface area contributed by atoms with Gasteiger partial charge in [0.2, 0.25) is 0 Å². The fourth-order valence-electron chi connectivity index (χ4n) is 5.72. The molecule has 0 unspecified atom stereocenters. The van der Waals surface area contributed by atoms with E-state index in [4.69, 9.17) is 0 Å². The number of fused-ring (bicyclic) bond motifs is 6. The van der Waals surface area contributed by atoms with Crippen LogP contribution in [-0.2, 0) is 4.57 Å². The topological polar surface area (TPSA) is 17.1 Å². The number of hydrogen-bond donors (Lipinski definition) is 0. The molecule has 0 radical (unpaired) electrons. The van der Waals surface area contributed by atoms with Crippen LogP contribution in [-0.4, -0.2) is 0 Å². The molecule has 182 valence electrons. The van der Waals surface area contributed by atoms with Crippen molar-refractivity contribution in [2.75, 3.05) is 0 Å². The molecule has 7 aromatic carbocycles. The summed E-state index contributed by atoms with van der Waals surface area (Å²) in [6.07, 6.45) is 0. The number of hydrogen-bond acceptors (Lipinski definition) is 1. The summed E-state index contributed by atoms with van der Waals surface area (Å²) >= 11 is 0. The second-order valence-electron chi connectivity index (χ2n) is 9.51. The molecule has 0 aliphatic carbocycles. The molecule has 0 bridgehead atoms. The lowest BCUT2D eigenvalue weighted by molar-refractivity contribution is 0.513. The van der Waals surface area contributed by atoms with Crippen LogP contribution in [0.5, 0.6) is 0 Å². The second-order valence-corrected chi connectivity index (χ2v) is 12.2. The van der Waals surface area contributed by atoms with E-state index in [0.717, 1.165) is 49.2 Å². The highest BCUT2D eigenvalue weighted by Gasteiger charge is 2.37. The van der Waals surface area contributed by atoms with Crippen molar-refractivity contribution in [3.8, 4) is 0 Å². The monoisotopic (exact) mass is 514 g/mol. The van der Waals surface area contributed by atoms with Crippen molar-refractivity contribution in [1.82, 2.24) is 0 Å². The molecule has 0 saturated heterocycles. The van der Waals surface area contributed by atoms with Crippen molar-refractivity contribution in [2.45, 2.75) is 0 Å². The van der Waals surface area contributed by atoms with Gasteiger partial charge in [-0.15, -0.1) is 0 Å². The Hall–Kier alpha value is -4.33. The summed E-state index contributed by atoms with van der Waals surface area (Å²) < 4.78 is 46.4. The van der Waals surface area contributed by atoms with Gasteiger partial charge in [-0.1, -0.05) is 103 Å². The molecule has 0 saturated carbocycles. The van der Waals surface area contributed by atoms with Gasteiger partial charge < -0.3 is 4.57 Å². The largest absolute Gasteiger partial charge is 0.308 e. The van der Waals surface area contributed by atoms with Crippen molar-refractivity contribution >= 4 is 66.1 Å². The first-order valence-electron chi connectivity index (χ1n) is 12.4. The maximum atomic E-state index is 15.9. The Morgan fingerprint density at radius 3 is 1.34 bits per heavy atom. The third-order valence-corrected chi connectivity index (χ3v) is 10.6. The van der Waals surface area contributed by atoms with Crippen LogP contribution < -0.4 is 15.9 Å². The van der Waals surface area contributed by atoms with Crippen LogP contribution in [0.2, 0.25) is 0 Å². The summed E-state index contributed by atoms with van der Waals surface area (Å²) in [6.45, 7) is 0. The van der Waals surface area contributed by atoms with E-state index in [1.807, 2.05) is 109 Å². The van der Waals surface area contributed by atoms with E-state index >= 15 is 8.96 Å². The molecule has 1 nitrogen and oxygen atoms in total. The van der Waals surface area contributed by atoms with E-state index in [0.29, 0.717) is 10.6 Å². The van der Waals surface area contributed by atoms with Crippen LogP contribution >= 0.6 is 7.14 Å². The Morgan fingerprint density at radius 2 is 0.842 bits per heavy atom. The SMILES string of the molecule is O=P(c1cccc(F)c1F)(c1cc2ccccc2c2ccccc12)c1cc2ccccc2c2ccccc12. The van der Waals surface area contributed by atoms with Gasteiger partial charge in [0.05, 0.1) is 5.30 Å². The zero-order valence-corrected chi connectivity index (χ0v) is 21.1. The summed E-state index contributed by atoms with van der Waals surface area (Å²) in [5.74, 6) is -2.09. The minimum atomic E-state index is -3.96. The van der Waals surface area contributed by atoms with Crippen LogP contribution in [0.4, 0.5) is 8.78 Å².